The molecule has 0 bridgehead atoms. The van der Waals surface area contributed by atoms with Crippen molar-refractivity contribution in [3.05, 3.63) is 54.2 Å². The van der Waals surface area contributed by atoms with Crippen LogP contribution in [-0.2, 0) is 0 Å². The molecule has 104 valence electrons. The topological polar surface area (TPSA) is 93.8 Å². The van der Waals surface area contributed by atoms with Gasteiger partial charge in [-0.05, 0) is 30.7 Å². The fourth-order valence-electron chi connectivity index (χ4n) is 1.83. The van der Waals surface area contributed by atoms with Crippen molar-refractivity contribution in [1.29, 1.82) is 0 Å². The molecule has 7 nitrogen and oxygen atoms in total. The quantitative estimate of drug-likeness (QED) is 0.785. The lowest BCUT2D eigenvalue weighted by Crippen LogP contribution is -2.03. The predicted octanol–water partition coefficient (Wildman–Crippen LogP) is 1.73. The minimum Gasteiger partial charge on any atom is -0.475 e. The van der Waals surface area contributed by atoms with E-state index in [1.165, 1.54) is 4.68 Å². The third-order valence-corrected chi connectivity index (χ3v) is 2.83. The highest BCUT2D eigenvalue weighted by Crippen LogP contribution is 2.19. The summed E-state index contributed by atoms with van der Waals surface area (Å²) in [5.74, 6) is -1.11. The maximum absolute atomic E-state index is 11.1. The van der Waals surface area contributed by atoms with Gasteiger partial charge in [-0.3, -0.25) is 9.97 Å². The lowest BCUT2D eigenvalue weighted by atomic mass is 10.2. The van der Waals surface area contributed by atoms with Crippen LogP contribution in [0, 0.1) is 6.92 Å². The molecule has 0 atom stereocenters. The highest BCUT2D eigenvalue weighted by molar-refractivity contribution is 5.83. The van der Waals surface area contributed by atoms with Crippen LogP contribution in [0.4, 0.5) is 0 Å². The van der Waals surface area contributed by atoms with E-state index in [2.05, 4.69) is 20.1 Å². The summed E-state index contributed by atoms with van der Waals surface area (Å²) in [4.78, 5) is 23.4. The summed E-state index contributed by atoms with van der Waals surface area (Å²) in [7, 11) is 0. The van der Waals surface area contributed by atoms with Gasteiger partial charge in [0, 0.05) is 12.4 Å². The minimum atomic E-state index is -1.19. The van der Waals surface area contributed by atoms with Crippen molar-refractivity contribution >= 4 is 5.97 Å². The van der Waals surface area contributed by atoms with Gasteiger partial charge in [-0.25, -0.2) is 9.48 Å². The van der Waals surface area contributed by atoms with Gasteiger partial charge in [0.25, 0.3) is 5.82 Å². The van der Waals surface area contributed by atoms with Gasteiger partial charge in [0.05, 0.1) is 11.9 Å². The first-order valence-corrected chi connectivity index (χ1v) is 6.19. The van der Waals surface area contributed by atoms with E-state index in [-0.39, 0.29) is 5.82 Å². The van der Waals surface area contributed by atoms with Crippen molar-refractivity contribution < 1.29 is 9.90 Å². The highest BCUT2D eigenvalue weighted by Gasteiger charge is 2.18. The van der Waals surface area contributed by atoms with Crippen molar-refractivity contribution in [3.8, 4) is 17.2 Å². The van der Waals surface area contributed by atoms with Gasteiger partial charge in [-0.15, -0.1) is 5.10 Å². The Bertz CT molecular complexity index is 781. The van der Waals surface area contributed by atoms with Gasteiger partial charge >= 0.3 is 5.97 Å². The maximum atomic E-state index is 11.1. The summed E-state index contributed by atoms with van der Waals surface area (Å²) < 4.78 is 1.42. The fourth-order valence-corrected chi connectivity index (χ4v) is 1.83. The third kappa shape index (κ3) is 2.48. The molecule has 3 aromatic heterocycles. The van der Waals surface area contributed by atoms with Crippen molar-refractivity contribution in [1.82, 2.24) is 24.7 Å². The van der Waals surface area contributed by atoms with Crippen LogP contribution in [0.25, 0.3) is 17.2 Å². The van der Waals surface area contributed by atoms with Gasteiger partial charge in [0.1, 0.15) is 5.69 Å². The standard InChI is InChI=1S/C14H11N5O2/c1-9-4-5-11(16-7-9)13-17-12(14(20)21)18-19(13)10-3-2-6-15-8-10/h2-8H,1H3,(H,20,21). The second-order valence-electron chi connectivity index (χ2n) is 4.41. The molecule has 0 amide bonds. The van der Waals surface area contributed by atoms with Crippen LogP contribution in [-0.4, -0.2) is 35.8 Å². The number of hydrogen-bond donors (Lipinski definition) is 1. The summed E-state index contributed by atoms with van der Waals surface area (Å²) >= 11 is 0. The minimum absolute atomic E-state index is 0.281. The second-order valence-corrected chi connectivity index (χ2v) is 4.41. The highest BCUT2D eigenvalue weighted by atomic mass is 16.4. The first-order valence-electron chi connectivity index (χ1n) is 6.19. The number of pyridine rings is 2. The van der Waals surface area contributed by atoms with Crippen molar-refractivity contribution in [2.75, 3.05) is 0 Å². The third-order valence-electron chi connectivity index (χ3n) is 2.83. The Morgan fingerprint density at radius 2 is 2.10 bits per heavy atom. The van der Waals surface area contributed by atoms with E-state index >= 15 is 0 Å². The Labute approximate surface area is 119 Å². The molecule has 0 fully saturated rings. The van der Waals surface area contributed by atoms with Crippen LogP contribution < -0.4 is 0 Å². The molecule has 21 heavy (non-hydrogen) atoms. The van der Waals surface area contributed by atoms with Crippen LogP contribution in [0.1, 0.15) is 16.2 Å². The zero-order chi connectivity index (χ0) is 14.8. The molecule has 0 unspecified atom stereocenters. The first kappa shape index (κ1) is 12.9. The van der Waals surface area contributed by atoms with Gasteiger partial charge in [-0.1, -0.05) is 6.07 Å². The molecule has 0 aromatic carbocycles. The van der Waals surface area contributed by atoms with Crippen molar-refractivity contribution in [3.63, 3.8) is 0 Å². The summed E-state index contributed by atoms with van der Waals surface area (Å²) in [6.45, 7) is 1.92. The molecule has 0 saturated carbocycles. The summed E-state index contributed by atoms with van der Waals surface area (Å²) in [5, 5.41) is 13.1. The molecule has 7 heteroatoms. The zero-order valence-corrected chi connectivity index (χ0v) is 11.1. The van der Waals surface area contributed by atoms with E-state index in [1.807, 2.05) is 13.0 Å². The molecule has 0 aliphatic rings. The number of nitrogens with zero attached hydrogens (tertiary/aromatic N) is 5. The molecule has 3 rings (SSSR count). The van der Waals surface area contributed by atoms with Gasteiger partial charge in [-0.2, -0.15) is 4.98 Å². The summed E-state index contributed by atoms with van der Waals surface area (Å²) in [5.41, 5.74) is 2.17. The number of hydrogen-bond acceptors (Lipinski definition) is 5. The molecule has 0 aliphatic carbocycles. The monoisotopic (exact) mass is 281 g/mol. The zero-order valence-electron chi connectivity index (χ0n) is 11.1. The number of aromatic nitrogens is 5. The average molecular weight is 281 g/mol. The first-order chi connectivity index (χ1) is 10.1. The average Bonchev–Trinajstić information content (AvgIpc) is 2.94. The Balaban J connectivity index is 2.19. The smallest absolute Gasteiger partial charge is 0.375 e. The summed E-state index contributed by atoms with van der Waals surface area (Å²) in [6, 6.07) is 7.16. The molecule has 0 radical (unpaired) electrons. The van der Waals surface area contributed by atoms with Crippen molar-refractivity contribution in [2.24, 2.45) is 0 Å². The van der Waals surface area contributed by atoms with Gasteiger partial charge < -0.3 is 5.11 Å². The lowest BCUT2D eigenvalue weighted by molar-refractivity contribution is 0.0683. The molecule has 0 aliphatic heterocycles. The lowest BCUT2D eigenvalue weighted by Gasteiger charge is -2.04. The molecule has 1 N–H and O–H groups in total. The molecule has 3 heterocycles. The SMILES string of the molecule is Cc1ccc(-c2nc(C(=O)O)nn2-c2cccnc2)nc1. The van der Waals surface area contributed by atoms with Gasteiger partial charge in [0.15, 0.2) is 5.82 Å². The Kier molecular flexibility index (Phi) is 3.15. The normalized spacial score (nSPS) is 10.5. The second kappa shape index (κ2) is 5.12. The molecular formula is C14H11N5O2. The fraction of sp³-hybridized carbons (Fsp3) is 0.0714. The number of aromatic carboxylic acids is 1. The predicted molar refractivity (Wildman–Crippen MR) is 74.1 cm³/mol. The van der Waals surface area contributed by atoms with E-state index < -0.39 is 5.97 Å². The molecular weight excluding hydrogens is 270 g/mol. The molecule has 0 spiro atoms. The van der Waals surface area contributed by atoms with E-state index in [1.54, 1.807) is 36.8 Å². The Morgan fingerprint density at radius 1 is 1.24 bits per heavy atom. The Morgan fingerprint density at radius 3 is 2.71 bits per heavy atom. The van der Waals surface area contributed by atoms with Crippen LogP contribution in [0.5, 0.6) is 0 Å². The van der Waals surface area contributed by atoms with Crippen LogP contribution in [0.3, 0.4) is 0 Å². The largest absolute Gasteiger partial charge is 0.475 e. The van der Waals surface area contributed by atoms with Crippen LogP contribution >= 0.6 is 0 Å². The number of rotatable bonds is 3. The number of carboxylic acid groups (broad SMARTS) is 1. The van der Waals surface area contributed by atoms with Crippen LogP contribution in [0.2, 0.25) is 0 Å². The number of carboxylic acids is 1. The molecule has 3 aromatic rings. The van der Waals surface area contributed by atoms with Gasteiger partial charge in [0.2, 0.25) is 0 Å². The number of carbonyl (C=O) groups is 1. The van der Waals surface area contributed by atoms with E-state index in [0.717, 1.165) is 5.56 Å². The Hall–Kier alpha value is -3.09. The van der Waals surface area contributed by atoms with Crippen LogP contribution in [0.15, 0.2) is 42.9 Å². The van der Waals surface area contributed by atoms with E-state index in [9.17, 15) is 4.79 Å². The van der Waals surface area contributed by atoms with Crippen molar-refractivity contribution in [2.45, 2.75) is 6.92 Å². The van der Waals surface area contributed by atoms with E-state index in [4.69, 9.17) is 5.11 Å². The van der Waals surface area contributed by atoms with E-state index in [0.29, 0.717) is 17.2 Å². The number of aryl methyl sites for hydroxylation is 1. The summed E-state index contributed by atoms with van der Waals surface area (Å²) in [6.07, 6.45) is 4.90. The molecule has 0 saturated heterocycles. The maximum Gasteiger partial charge on any atom is 0.375 e.